The van der Waals surface area contributed by atoms with Crippen molar-refractivity contribution in [2.24, 2.45) is 23.7 Å². The fourth-order valence-corrected chi connectivity index (χ4v) is 7.34. The average molecular weight is 564 g/mol. The number of hydrogen-bond donors (Lipinski definition) is 1. The summed E-state index contributed by atoms with van der Waals surface area (Å²) in [4.78, 5) is 18.7. The summed E-state index contributed by atoms with van der Waals surface area (Å²) in [5.41, 5.74) is 6.98. The van der Waals surface area contributed by atoms with Crippen molar-refractivity contribution >= 4 is 5.97 Å². The molecule has 2 aliphatic carbocycles. The Morgan fingerprint density at radius 1 is 1.14 bits per heavy atom. The number of likely N-dealkylation sites (tertiary alicyclic amines) is 1. The molecule has 1 saturated heterocycles. The van der Waals surface area contributed by atoms with Crippen molar-refractivity contribution < 1.29 is 19.4 Å². The molecule has 0 spiro atoms. The molecule has 2 aromatic carbocycles. The molecule has 3 heterocycles. The molecule has 3 unspecified atom stereocenters. The van der Waals surface area contributed by atoms with Gasteiger partial charge in [0.2, 0.25) is 5.88 Å². The maximum Gasteiger partial charge on any atom is 0.306 e. The standard InChI is InChI=1S/C35H37N3O4/c1-20(35(39)40)34(22-4-5-22)24-6-3-21-8-10-31(42-32(21)13-24)23-7-9-29(30-14-33(41-2)37-16-28(30)15-36)27(11-23)19-38-17-25-12-26(25)18-38/h3,6-7,9,11,13-14,16,20,22,25-26,31,34H,4-5,8,10,12,17-19H2,1-2H3,(H,39,40)/t20-,25?,26?,31?,34-/m0/s1. The maximum absolute atomic E-state index is 11.9. The van der Waals surface area contributed by atoms with Crippen LogP contribution in [0.15, 0.2) is 48.7 Å². The highest BCUT2D eigenvalue weighted by Gasteiger charge is 2.45. The Hall–Kier alpha value is -3.89. The summed E-state index contributed by atoms with van der Waals surface area (Å²) in [5.74, 6) is 2.33. The normalized spacial score (nSPS) is 24.1. The molecule has 0 radical (unpaired) electrons. The summed E-state index contributed by atoms with van der Waals surface area (Å²) in [6, 6.07) is 17.1. The summed E-state index contributed by atoms with van der Waals surface area (Å²) < 4.78 is 12.1. The Bertz CT molecular complexity index is 1560. The number of carboxylic acids is 1. The third-order valence-corrected chi connectivity index (χ3v) is 9.93. The minimum atomic E-state index is -0.738. The Morgan fingerprint density at radius 3 is 2.67 bits per heavy atom. The first-order chi connectivity index (χ1) is 20.4. The van der Waals surface area contributed by atoms with E-state index in [1.165, 1.54) is 17.5 Å². The predicted octanol–water partition coefficient (Wildman–Crippen LogP) is 6.36. The number of nitriles is 1. The molecule has 1 N–H and O–H groups in total. The molecule has 7 nitrogen and oxygen atoms in total. The van der Waals surface area contributed by atoms with Crippen LogP contribution in [0.2, 0.25) is 0 Å². The number of aliphatic carboxylic acids is 1. The smallest absolute Gasteiger partial charge is 0.306 e. The van der Waals surface area contributed by atoms with E-state index >= 15 is 0 Å². The molecule has 5 atom stereocenters. The van der Waals surface area contributed by atoms with E-state index in [1.807, 2.05) is 13.0 Å². The Labute approximate surface area is 247 Å². The van der Waals surface area contributed by atoms with Crippen LogP contribution in [0.3, 0.4) is 0 Å². The molecule has 1 aromatic heterocycles. The molecule has 0 bridgehead atoms. The molecule has 3 fully saturated rings. The summed E-state index contributed by atoms with van der Waals surface area (Å²) >= 11 is 0. The van der Waals surface area contributed by atoms with Gasteiger partial charge in [-0.3, -0.25) is 9.69 Å². The highest BCUT2D eigenvalue weighted by molar-refractivity contribution is 5.74. The maximum atomic E-state index is 11.9. The van der Waals surface area contributed by atoms with E-state index in [4.69, 9.17) is 9.47 Å². The van der Waals surface area contributed by atoms with Gasteiger partial charge in [-0.1, -0.05) is 37.3 Å². The van der Waals surface area contributed by atoms with Crippen LogP contribution in [0.4, 0.5) is 0 Å². The number of carboxylic acid groups (broad SMARTS) is 1. The van der Waals surface area contributed by atoms with E-state index in [9.17, 15) is 15.2 Å². The van der Waals surface area contributed by atoms with E-state index in [2.05, 4.69) is 52.4 Å². The number of carbonyl (C=O) groups is 1. The monoisotopic (exact) mass is 563 g/mol. The number of rotatable bonds is 9. The van der Waals surface area contributed by atoms with Crippen LogP contribution >= 0.6 is 0 Å². The SMILES string of the molecule is COc1cc(-c2ccc(C3CCc4ccc([C@H](C5CC5)[C@H](C)C(=O)O)cc4O3)cc2CN2CC3CC3C2)c(C#N)cn1. The van der Waals surface area contributed by atoms with Crippen molar-refractivity contribution in [3.63, 3.8) is 0 Å². The largest absolute Gasteiger partial charge is 0.485 e. The Balaban J connectivity index is 1.21. The van der Waals surface area contributed by atoms with Gasteiger partial charge >= 0.3 is 5.97 Å². The number of aromatic nitrogens is 1. The fourth-order valence-electron chi connectivity index (χ4n) is 7.34. The number of ether oxygens (including phenoxy) is 2. The zero-order valence-electron chi connectivity index (χ0n) is 24.3. The van der Waals surface area contributed by atoms with Crippen molar-refractivity contribution in [2.45, 2.75) is 57.6 Å². The topological polar surface area (TPSA) is 95.7 Å². The van der Waals surface area contributed by atoms with Crippen molar-refractivity contribution in [1.29, 1.82) is 5.26 Å². The molecule has 42 heavy (non-hydrogen) atoms. The lowest BCUT2D eigenvalue weighted by Gasteiger charge is -2.29. The van der Waals surface area contributed by atoms with Crippen LogP contribution in [0.25, 0.3) is 11.1 Å². The number of hydrogen-bond acceptors (Lipinski definition) is 6. The van der Waals surface area contributed by atoms with Gasteiger partial charge < -0.3 is 14.6 Å². The fraction of sp³-hybridized carbons (Fsp3) is 0.457. The third-order valence-electron chi connectivity index (χ3n) is 9.93. The lowest BCUT2D eigenvalue weighted by Crippen LogP contribution is -2.23. The van der Waals surface area contributed by atoms with Crippen LogP contribution < -0.4 is 9.47 Å². The van der Waals surface area contributed by atoms with E-state index in [0.717, 1.165) is 85.2 Å². The Kier molecular flexibility index (Phi) is 6.90. The second kappa shape index (κ2) is 10.7. The van der Waals surface area contributed by atoms with Gasteiger partial charge in [0.15, 0.2) is 0 Å². The predicted molar refractivity (Wildman–Crippen MR) is 158 cm³/mol. The van der Waals surface area contributed by atoms with Gasteiger partial charge in [-0.25, -0.2) is 4.98 Å². The number of benzene rings is 2. The number of fused-ring (bicyclic) bond motifs is 2. The second-order valence-electron chi connectivity index (χ2n) is 12.8. The van der Waals surface area contributed by atoms with Crippen molar-refractivity contribution in [1.82, 2.24) is 9.88 Å². The van der Waals surface area contributed by atoms with Crippen molar-refractivity contribution in [2.75, 3.05) is 20.2 Å². The van der Waals surface area contributed by atoms with Crippen LogP contribution in [0, 0.1) is 35.0 Å². The quantitative estimate of drug-likeness (QED) is 0.324. The molecule has 7 rings (SSSR count). The van der Waals surface area contributed by atoms with Gasteiger partial charge in [-0.15, -0.1) is 0 Å². The molecule has 4 aliphatic rings. The molecule has 3 aromatic rings. The van der Waals surface area contributed by atoms with E-state index < -0.39 is 11.9 Å². The summed E-state index contributed by atoms with van der Waals surface area (Å²) in [6.07, 6.45) is 6.83. The van der Waals surface area contributed by atoms with Gasteiger partial charge in [0, 0.05) is 37.5 Å². The van der Waals surface area contributed by atoms with Crippen molar-refractivity contribution in [3.8, 4) is 28.8 Å². The van der Waals surface area contributed by atoms with Gasteiger partial charge in [0.05, 0.1) is 18.6 Å². The zero-order chi connectivity index (χ0) is 29.0. The van der Waals surface area contributed by atoms with E-state index in [-0.39, 0.29) is 12.0 Å². The summed E-state index contributed by atoms with van der Waals surface area (Å²) in [5, 5.41) is 19.6. The summed E-state index contributed by atoms with van der Waals surface area (Å²) in [6.45, 7) is 4.92. The van der Waals surface area contributed by atoms with Crippen LogP contribution in [0.5, 0.6) is 11.6 Å². The molecule has 7 heteroatoms. The zero-order valence-corrected chi connectivity index (χ0v) is 24.3. The minimum absolute atomic E-state index is 0.0148. The number of piperidine rings is 1. The Morgan fingerprint density at radius 2 is 1.95 bits per heavy atom. The average Bonchev–Trinajstić information content (AvgIpc) is 3.94. The van der Waals surface area contributed by atoms with Gasteiger partial charge in [-0.2, -0.15) is 5.26 Å². The number of aryl methyl sites for hydroxylation is 1. The van der Waals surface area contributed by atoms with Gasteiger partial charge in [0.25, 0.3) is 0 Å². The molecular formula is C35H37N3O4. The first kappa shape index (κ1) is 27.0. The van der Waals surface area contributed by atoms with Gasteiger partial charge in [0.1, 0.15) is 17.9 Å². The first-order valence-corrected chi connectivity index (χ1v) is 15.2. The highest BCUT2D eigenvalue weighted by Crippen LogP contribution is 2.49. The van der Waals surface area contributed by atoms with Crippen LogP contribution in [0.1, 0.15) is 72.4 Å². The van der Waals surface area contributed by atoms with Gasteiger partial charge in [-0.05, 0) is 89.7 Å². The lowest BCUT2D eigenvalue weighted by molar-refractivity contribution is -0.142. The summed E-state index contributed by atoms with van der Waals surface area (Å²) in [7, 11) is 1.59. The van der Waals surface area contributed by atoms with Crippen LogP contribution in [-0.2, 0) is 17.8 Å². The number of nitrogens with zero attached hydrogens (tertiary/aromatic N) is 3. The van der Waals surface area contributed by atoms with Crippen molar-refractivity contribution in [3.05, 3.63) is 76.5 Å². The minimum Gasteiger partial charge on any atom is -0.485 e. The van der Waals surface area contributed by atoms with E-state index in [0.29, 0.717) is 17.4 Å². The second-order valence-corrected chi connectivity index (χ2v) is 12.8. The van der Waals surface area contributed by atoms with E-state index in [1.54, 1.807) is 13.3 Å². The first-order valence-electron chi connectivity index (χ1n) is 15.2. The van der Waals surface area contributed by atoms with Crippen LogP contribution in [-0.4, -0.2) is 41.2 Å². The number of pyridine rings is 1. The molecule has 2 saturated carbocycles. The number of methoxy groups -OCH3 is 1. The highest BCUT2D eigenvalue weighted by atomic mass is 16.5. The molecule has 2 aliphatic heterocycles. The molecule has 0 amide bonds. The lowest BCUT2D eigenvalue weighted by atomic mass is 9.82. The molecular weight excluding hydrogens is 526 g/mol. The molecule has 216 valence electrons. The third kappa shape index (κ3) is 5.13.